The molecule has 3 N–H and O–H groups in total. The van der Waals surface area contributed by atoms with Crippen LogP contribution in [0.5, 0.6) is 5.75 Å². The molecule has 0 amide bonds. The molecule has 0 aliphatic rings. The monoisotopic (exact) mass is 239 g/mol. The Bertz CT molecular complexity index is 368. The first-order chi connectivity index (χ1) is 7.56. The minimum atomic E-state index is 0.142. The molecule has 0 saturated carbocycles. The third-order valence-corrected chi connectivity index (χ3v) is 2.53. The number of benzene rings is 1. The Morgan fingerprint density at radius 2 is 1.94 bits per heavy atom. The number of aliphatic hydroxyl groups is 1. The number of rotatable bonds is 5. The van der Waals surface area contributed by atoms with Crippen LogP contribution in [0, 0.1) is 13.8 Å². The normalized spacial score (nSPS) is 10.2. The minimum absolute atomic E-state index is 0.142. The van der Waals surface area contributed by atoms with Crippen molar-refractivity contribution in [3.8, 4) is 5.75 Å². The lowest BCUT2D eigenvalue weighted by atomic mass is 10.1. The van der Waals surface area contributed by atoms with Crippen molar-refractivity contribution in [2.24, 2.45) is 5.73 Å². The van der Waals surface area contributed by atoms with Gasteiger partial charge in [0.05, 0.1) is 6.61 Å². The van der Waals surface area contributed by atoms with Crippen molar-refractivity contribution in [1.82, 2.24) is 0 Å². The van der Waals surface area contributed by atoms with Crippen molar-refractivity contribution in [3.63, 3.8) is 0 Å². The zero-order chi connectivity index (χ0) is 12.1. The van der Waals surface area contributed by atoms with Crippen molar-refractivity contribution in [2.75, 3.05) is 13.2 Å². The second-order valence-corrected chi connectivity index (χ2v) is 4.17. The van der Waals surface area contributed by atoms with Crippen molar-refractivity contribution in [1.29, 1.82) is 0 Å². The summed E-state index contributed by atoms with van der Waals surface area (Å²) >= 11 is 4.93. The van der Waals surface area contributed by atoms with Crippen LogP contribution in [0.3, 0.4) is 0 Å². The number of nitrogens with two attached hydrogens (primary N) is 1. The van der Waals surface area contributed by atoms with Gasteiger partial charge in [0.2, 0.25) is 0 Å². The molecule has 0 saturated heterocycles. The first kappa shape index (κ1) is 12.9. The van der Waals surface area contributed by atoms with Crippen LogP contribution in [-0.2, 0) is 0 Å². The highest BCUT2D eigenvalue weighted by Crippen LogP contribution is 2.24. The molecule has 0 bridgehead atoms. The van der Waals surface area contributed by atoms with Crippen molar-refractivity contribution < 1.29 is 9.84 Å². The molecule has 3 nitrogen and oxygen atoms in total. The fraction of sp³-hybridized carbons (Fsp3) is 0.417. The lowest BCUT2D eigenvalue weighted by molar-refractivity contribution is 0.232. The Morgan fingerprint density at radius 1 is 1.38 bits per heavy atom. The second-order valence-electron chi connectivity index (χ2n) is 3.73. The summed E-state index contributed by atoms with van der Waals surface area (Å²) in [6, 6.07) is 3.84. The summed E-state index contributed by atoms with van der Waals surface area (Å²) in [5.74, 6) is 0.855. The van der Waals surface area contributed by atoms with E-state index < -0.39 is 0 Å². The number of aliphatic hydroxyl groups excluding tert-OH is 1. The molecule has 0 unspecified atom stereocenters. The van der Waals surface area contributed by atoms with Crippen LogP contribution in [0.4, 0.5) is 0 Å². The standard InChI is InChI=1S/C12H17NO2S/c1-8-6-10(12(13)16)7-9(2)11(8)15-5-3-4-14/h6-7,14H,3-5H2,1-2H3,(H2,13,16). The quantitative estimate of drug-likeness (QED) is 0.606. The SMILES string of the molecule is Cc1cc(C(N)=S)cc(C)c1OCCCO. The van der Waals surface area contributed by atoms with E-state index in [4.69, 9.17) is 27.8 Å². The fourth-order valence-electron chi connectivity index (χ4n) is 1.56. The van der Waals surface area contributed by atoms with Crippen LogP contribution < -0.4 is 10.5 Å². The summed E-state index contributed by atoms with van der Waals surface area (Å²) in [6.07, 6.45) is 0.635. The van der Waals surface area contributed by atoms with Gasteiger partial charge in [0, 0.05) is 18.6 Å². The highest BCUT2D eigenvalue weighted by atomic mass is 32.1. The lowest BCUT2D eigenvalue weighted by Crippen LogP contribution is -2.11. The molecule has 1 aromatic carbocycles. The maximum absolute atomic E-state index is 8.69. The minimum Gasteiger partial charge on any atom is -0.493 e. The van der Waals surface area contributed by atoms with Gasteiger partial charge in [0.1, 0.15) is 10.7 Å². The van der Waals surface area contributed by atoms with E-state index in [0.717, 1.165) is 22.4 Å². The van der Waals surface area contributed by atoms with E-state index in [1.54, 1.807) is 0 Å². The molecule has 1 aromatic rings. The molecule has 1 rings (SSSR count). The summed E-state index contributed by atoms with van der Waals surface area (Å²) in [5.41, 5.74) is 8.47. The Hall–Kier alpha value is -1.13. The molecule has 0 aliphatic carbocycles. The van der Waals surface area contributed by atoms with Crippen LogP contribution in [0.2, 0.25) is 0 Å². The van der Waals surface area contributed by atoms with Gasteiger partial charge >= 0.3 is 0 Å². The van der Waals surface area contributed by atoms with Crippen LogP contribution >= 0.6 is 12.2 Å². The summed E-state index contributed by atoms with van der Waals surface area (Å²) in [7, 11) is 0. The Balaban J connectivity index is 2.89. The number of thiocarbonyl (C=S) groups is 1. The fourth-order valence-corrected chi connectivity index (χ4v) is 1.68. The van der Waals surface area contributed by atoms with E-state index >= 15 is 0 Å². The summed E-state index contributed by atoms with van der Waals surface area (Å²) in [6.45, 7) is 4.58. The highest BCUT2D eigenvalue weighted by Gasteiger charge is 2.07. The molecular formula is C12H17NO2S. The summed E-state index contributed by atoms with van der Waals surface area (Å²) < 4.78 is 5.60. The second kappa shape index (κ2) is 5.82. The Morgan fingerprint density at radius 3 is 2.38 bits per heavy atom. The van der Waals surface area contributed by atoms with Gasteiger partial charge in [-0.15, -0.1) is 0 Å². The van der Waals surface area contributed by atoms with Crippen molar-refractivity contribution in [2.45, 2.75) is 20.3 Å². The molecule has 0 atom stereocenters. The third-order valence-electron chi connectivity index (χ3n) is 2.29. The van der Waals surface area contributed by atoms with Crippen LogP contribution in [0.1, 0.15) is 23.1 Å². The predicted octanol–water partition coefficient (Wildman–Crippen LogP) is 1.70. The maximum Gasteiger partial charge on any atom is 0.125 e. The molecule has 0 aromatic heterocycles. The first-order valence-corrected chi connectivity index (χ1v) is 5.61. The summed E-state index contributed by atoms with van der Waals surface area (Å²) in [4.78, 5) is 0.396. The molecular weight excluding hydrogens is 222 g/mol. The smallest absolute Gasteiger partial charge is 0.125 e. The van der Waals surface area contributed by atoms with E-state index in [0.29, 0.717) is 18.0 Å². The third kappa shape index (κ3) is 3.18. The van der Waals surface area contributed by atoms with Gasteiger partial charge in [-0.2, -0.15) is 0 Å². The van der Waals surface area contributed by atoms with Crippen molar-refractivity contribution >= 4 is 17.2 Å². The van der Waals surface area contributed by atoms with Crippen molar-refractivity contribution in [3.05, 3.63) is 28.8 Å². The zero-order valence-corrected chi connectivity index (χ0v) is 10.4. The van der Waals surface area contributed by atoms with E-state index in [1.165, 1.54) is 0 Å². The lowest BCUT2D eigenvalue weighted by Gasteiger charge is -2.13. The zero-order valence-electron chi connectivity index (χ0n) is 9.62. The number of ether oxygens (including phenoxy) is 1. The van der Waals surface area contributed by atoms with E-state index in [9.17, 15) is 0 Å². The first-order valence-electron chi connectivity index (χ1n) is 5.21. The van der Waals surface area contributed by atoms with Gasteiger partial charge in [0.15, 0.2) is 0 Å². The highest BCUT2D eigenvalue weighted by molar-refractivity contribution is 7.80. The van der Waals surface area contributed by atoms with E-state index in [1.807, 2.05) is 26.0 Å². The van der Waals surface area contributed by atoms with Crippen LogP contribution in [0.15, 0.2) is 12.1 Å². The molecule has 16 heavy (non-hydrogen) atoms. The van der Waals surface area contributed by atoms with Gasteiger partial charge in [-0.05, 0) is 37.1 Å². The van der Waals surface area contributed by atoms with Crippen LogP contribution in [0.25, 0.3) is 0 Å². The Kier molecular flexibility index (Phi) is 4.71. The molecule has 0 aliphatic heterocycles. The Labute approximate surface area is 101 Å². The van der Waals surface area contributed by atoms with Gasteiger partial charge < -0.3 is 15.6 Å². The average Bonchev–Trinajstić information content (AvgIpc) is 2.21. The van der Waals surface area contributed by atoms with Gasteiger partial charge in [-0.3, -0.25) is 0 Å². The van der Waals surface area contributed by atoms with Gasteiger partial charge in [0.25, 0.3) is 0 Å². The van der Waals surface area contributed by atoms with E-state index in [2.05, 4.69) is 0 Å². The van der Waals surface area contributed by atoms with Gasteiger partial charge in [-0.1, -0.05) is 12.2 Å². The molecule has 0 spiro atoms. The van der Waals surface area contributed by atoms with Crippen LogP contribution in [-0.4, -0.2) is 23.3 Å². The number of hydrogen-bond donors (Lipinski definition) is 2. The molecule has 4 heteroatoms. The molecule has 88 valence electrons. The maximum atomic E-state index is 8.69. The molecule has 0 heterocycles. The summed E-state index contributed by atoms with van der Waals surface area (Å²) in [5, 5.41) is 8.69. The molecule has 0 fully saturated rings. The topological polar surface area (TPSA) is 55.5 Å². The van der Waals surface area contributed by atoms with E-state index in [-0.39, 0.29) is 6.61 Å². The largest absolute Gasteiger partial charge is 0.493 e. The molecule has 0 radical (unpaired) electrons. The average molecular weight is 239 g/mol. The predicted molar refractivity (Wildman–Crippen MR) is 69.0 cm³/mol. The van der Waals surface area contributed by atoms with Gasteiger partial charge in [-0.25, -0.2) is 0 Å². The number of hydrogen-bond acceptors (Lipinski definition) is 3. The number of aryl methyl sites for hydroxylation is 2.